The van der Waals surface area contributed by atoms with Gasteiger partial charge in [0.25, 0.3) is 0 Å². The lowest BCUT2D eigenvalue weighted by atomic mass is 10.1. The molecule has 0 nitrogen and oxygen atoms in total. The maximum atomic E-state index is 5.18. The van der Waals surface area contributed by atoms with E-state index in [1.54, 1.807) is 0 Å². The second-order valence-electron chi connectivity index (χ2n) is 4.14. The summed E-state index contributed by atoms with van der Waals surface area (Å²) in [5.41, 5.74) is 0. The summed E-state index contributed by atoms with van der Waals surface area (Å²) in [6, 6.07) is 0. The third-order valence-electron chi connectivity index (χ3n) is 2.53. The van der Waals surface area contributed by atoms with E-state index >= 15 is 0 Å². The molecule has 0 aromatic heterocycles. The molecule has 0 spiro atoms. The second-order valence-corrected chi connectivity index (χ2v) is 4.14. The molecule has 0 aromatic rings. The summed E-state index contributed by atoms with van der Waals surface area (Å²) >= 11 is 0. The number of unbranched alkanes of at least 4 members (excludes halogenated alkanes) is 9. The van der Waals surface area contributed by atoms with Gasteiger partial charge in [-0.1, -0.05) is 44.9 Å². The first kappa shape index (κ1) is 15.1. The van der Waals surface area contributed by atoms with E-state index in [1.165, 1.54) is 38.5 Å². The van der Waals surface area contributed by atoms with Crippen LogP contribution in [-0.2, 0) is 0 Å². The van der Waals surface area contributed by atoms with Gasteiger partial charge in [0.1, 0.15) is 0 Å². The summed E-state index contributed by atoms with van der Waals surface area (Å²) in [5, 5.41) is 0. The lowest BCUT2D eigenvalue weighted by Gasteiger charge is -1.94. The molecule has 89 valence electrons. The van der Waals surface area contributed by atoms with Crippen molar-refractivity contribution in [1.82, 2.24) is 0 Å². The fourth-order valence-corrected chi connectivity index (χ4v) is 1.51. The summed E-state index contributed by atoms with van der Waals surface area (Å²) in [4.78, 5) is 0. The molecule has 0 unspecified atom stereocenters. The van der Waals surface area contributed by atoms with E-state index < -0.39 is 0 Å². The molecular formula is C16H25. The fraction of sp³-hybridized carbons (Fsp3) is 0.688. The van der Waals surface area contributed by atoms with Gasteiger partial charge >= 0.3 is 0 Å². The molecule has 0 rings (SSSR count). The minimum atomic E-state index is 0.920. The summed E-state index contributed by atoms with van der Waals surface area (Å²) in [6.45, 7) is 2.24. The highest BCUT2D eigenvalue weighted by Gasteiger charge is 1.87. The monoisotopic (exact) mass is 217 g/mol. The van der Waals surface area contributed by atoms with E-state index in [9.17, 15) is 0 Å². The lowest BCUT2D eigenvalue weighted by Crippen LogP contribution is -1.78. The molecule has 16 heavy (non-hydrogen) atoms. The Hall–Kier alpha value is -0.880. The average Bonchev–Trinajstić information content (AvgIpc) is 2.31. The van der Waals surface area contributed by atoms with Crippen molar-refractivity contribution in [2.24, 2.45) is 0 Å². The number of hydrogen-bond donors (Lipinski definition) is 0. The van der Waals surface area contributed by atoms with Crippen molar-refractivity contribution in [3.05, 3.63) is 6.42 Å². The molecule has 0 aliphatic carbocycles. The van der Waals surface area contributed by atoms with Crippen LogP contribution in [0.3, 0.4) is 0 Å². The van der Waals surface area contributed by atoms with Gasteiger partial charge < -0.3 is 0 Å². The highest BCUT2D eigenvalue weighted by molar-refractivity contribution is 5.09. The molecule has 0 saturated carbocycles. The third kappa shape index (κ3) is 13.1. The molecule has 0 aliphatic heterocycles. The van der Waals surface area contributed by atoms with Crippen LogP contribution >= 0.6 is 0 Å². The first-order valence-electron chi connectivity index (χ1n) is 6.65. The molecule has 1 radical (unpaired) electrons. The largest absolute Gasteiger partial charge is 0.120 e. The normalized spacial score (nSPS) is 9.25. The lowest BCUT2D eigenvalue weighted by molar-refractivity contribution is 0.679. The van der Waals surface area contributed by atoms with Crippen LogP contribution < -0.4 is 0 Å². The Morgan fingerprint density at radius 1 is 0.938 bits per heavy atom. The molecule has 0 heterocycles. The standard InChI is InChI=1S/C16H25/c1-3-5-7-9-11-13-15-16-14-12-10-8-6-4-2/h1,15H,4-13H2,2H3. The maximum absolute atomic E-state index is 5.18. The third-order valence-corrected chi connectivity index (χ3v) is 2.53. The van der Waals surface area contributed by atoms with Crippen molar-refractivity contribution >= 4 is 0 Å². The Morgan fingerprint density at radius 2 is 1.69 bits per heavy atom. The minimum absolute atomic E-state index is 0.920. The molecule has 0 aliphatic rings. The van der Waals surface area contributed by atoms with Crippen molar-refractivity contribution in [3.8, 4) is 24.2 Å². The van der Waals surface area contributed by atoms with Crippen molar-refractivity contribution < 1.29 is 0 Å². The predicted molar refractivity (Wildman–Crippen MR) is 72.8 cm³/mol. The molecule has 0 bridgehead atoms. The summed E-state index contributed by atoms with van der Waals surface area (Å²) in [5.74, 6) is 9.01. The smallest absolute Gasteiger partial charge is 0.0340 e. The van der Waals surface area contributed by atoms with Gasteiger partial charge in [0.15, 0.2) is 0 Å². The van der Waals surface area contributed by atoms with E-state index in [0.717, 1.165) is 25.7 Å². The first-order valence-corrected chi connectivity index (χ1v) is 6.65. The Bertz CT molecular complexity index is 221. The van der Waals surface area contributed by atoms with Gasteiger partial charge in [-0.2, -0.15) is 0 Å². The van der Waals surface area contributed by atoms with Crippen molar-refractivity contribution in [2.45, 2.75) is 71.1 Å². The Labute approximate surface area is 102 Å². The van der Waals surface area contributed by atoms with Crippen LogP contribution in [0.4, 0.5) is 0 Å². The molecule has 0 aromatic carbocycles. The van der Waals surface area contributed by atoms with E-state index in [4.69, 9.17) is 6.42 Å². The van der Waals surface area contributed by atoms with Crippen LogP contribution in [0.5, 0.6) is 0 Å². The van der Waals surface area contributed by atoms with Crippen LogP contribution in [0.2, 0.25) is 0 Å². The SMILES string of the molecule is C#CCCCCC[CH]C#CCCCCCC. The van der Waals surface area contributed by atoms with E-state index in [1.807, 2.05) is 0 Å². The zero-order valence-electron chi connectivity index (χ0n) is 10.7. The Morgan fingerprint density at radius 3 is 2.44 bits per heavy atom. The summed E-state index contributed by atoms with van der Waals surface area (Å²) in [7, 11) is 0. The predicted octanol–water partition coefficient (Wildman–Crippen LogP) is 4.75. The zero-order valence-corrected chi connectivity index (χ0v) is 10.7. The van der Waals surface area contributed by atoms with E-state index in [-0.39, 0.29) is 0 Å². The Kier molecular flexibility index (Phi) is 13.3. The van der Waals surface area contributed by atoms with Crippen molar-refractivity contribution in [1.29, 1.82) is 0 Å². The van der Waals surface area contributed by atoms with Gasteiger partial charge in [-0.25, -0.2) is 0 Å². The van der Waals surface area contributed by atoms with Gasteiger partial charge in [-0.3, -0.25) is 0 Å². The van der Waals surface area contributed by atoms with Crippen molar-refractivity contribution in [2.75, 3.05) is 0 Å². The van der Waals surface area contributed by atoms with Crippen molar-refractivity contribution in [3.63, 3.8) is 0 Å². The molecule has 0 amide bonds. The summed E-state index contributed by atoms with van der Waals surface area (Å²) in [6.07, 6.45) is 19.3. The van der Waals surface area contributed by atoms with Crippen LogP contribution in [0.25, 0.3) is 0 Å². The van der Waals surface area contributed by atoms with Crippen LogP contribution in [0.1, 0.15) is 71.1 Å². The quantitative estimate of drug-likeness (QED) is 0.386. The molecule has 0 fully saturated rings. The van der Waals surface area contributed by atoms with Crippen LogP contribution in [-0.4, -0.2) is 0 Å². The zero-order chi connectivity index (χ0) is 11.9. The Balaban J connectivity index is 3.07. The molecular weight excluding hydrogens is 192 g/mol. The first-order chi connectivity index (χ1) is 7.91. The maximum Gasteiger partial charge on any atom is 0.0340 e. The van der Waals surface area contributed by atoms with Gasteiger partial charge in [-0.15, -0.1) is 18.3 Å². The fourth-order valence-electron chi connectivity index (χ4n) is 1.51. The van der Waals surface area contributed by atoms with Gasteiger partial charge in [-0.05, 0) is 19.3 Å². The van der Waals surface area contributed by atoms with Gasteiger partial charge in [0.2, 0.25) is 0 Å². The van der Waals surface area contributed by atoms with Gasteiger partial charge in [0.05, 0.1) is 0 Å². The number of terminal acetylenes is 1. The number of rotatable bonds is 9. The van der Waals surface area contributed by atoms with E-state index in [2.05, 4.69) is 31.1 Å². The molecule has 0 heteroatoms. The van der Waals surface area contributed by atoms with Crippen LogP contribution in [0, 0.1) is 30.6 Å². The molecule has 0 N–H and O–H groups in total. The van der Waals surface area contributed by atoms with Gasteiger partial charge in [0, 0.05) is 19.3 Å². The summed E-state index contributed by atoms with van der Waals surface area (Å²) < 4.78 is 0. The molecule has 0 saturated heterocycles. The minimum Gasteiger partial charge on any atom is -0.120 e. The number of hydrogen-bond acceptors (Lipinski definition) is 0. The van der Waals surface area contributed by atoms with Crippen LogP contribution in [0.15, 0.2) is 0 Å². The average molecular weight is 217 g/mol. The highest BCUT2D eigenvalue weighted by Crippen LogP contribution is 2.04. The highest BCUT2D eigenvalue weighted by atomic mass is 13.9. The topological polar surface area (TPSA) is 0 Å². The second kappa shape index (κ2) is 14.1. The van der Waals surface area contributed by atoms with E-state index in [0.29, 0.717) is 0 Å². The molecule has 0 atom stereocenters.